The van der Waals surface area contributed by atoms with E-state index in [0.29, 0.717) is 17.8 Å². The van der Waals surface area contributed by atoms with Gasteiger partial charge >= 0.3 is 5.97 Å². The summed E-state index contributed by atoms with van der Waals surface area (Å²) in [6.07, 6.45) is 10.00. The lowest BCUT2D eigenvalue weighted by Gasteiger charge is -2.57. The summed E-state index contributed by atoms with van der Waals surface area (Å²) in [7, 11) is 0. The standard InChI is InChI=1S/C25H34N2O3/c1-14-23-22(27(26-14)15(2)28)13-21-19-7-6-17-12-18(30-16(3)29)8-10-24(17,4)20(19)9-11-25(21,23)5/h6,18-21H,7-13H2,1-5H3/t18-,19-,20-,21-,24-,25-/m0/s1. The molecule has 2 fully saturated rings. The van der Waals surface area contributed by atoms with Crippen LogP contribution in [0.3, 0.4) is 0 Å². The van der Waals surface area contributed by atoms with Crippen LogP contribution >= 0.6 is 0 Å². The van der Waals surface area contributed by atoms with Crippen LogP contribution in [0, 0.1) is 30.1 Å². The van der Waals surface area contributed by atoms with Gasteiger partial charge < -0.3 is 4.74 Å². The molecule has 0 aliphatic heterocycles. The largest absolute Gasteiger partial charge is 0.462 e. The van der Waals surface area contributed by atoms with Crippen molar-refractivity contribution in [3.63, 3.8) is 0 Å². The zero-order chi connectivity index (χ0) is 21.4. The summed E-state index contributed by atoms with van der Waals surface area (Å²) in [6, 6.07) is 0. The Labute approximate surface area is 179 Å². The predicted octanol–water partition coefficient (Wildman–Crippen LogP) is 4.76. The van der Waals surface area contributed by atoms with Crippen molar-refractivity contribution < 1.29 is 14.3 Å². The highest BCUT2D eigenvalue weighted by Gasteiger charge is 2.59. The molecule has 5 heteroatoms. The molecule has 0 saturated heterocycles. The van der Waals surface area contributed by atoms with Crippen molar-refractivity contribution in [2.24, 2.45) is 23.2 Å². The number of allylic oxidation sites excluding steroid dienone is 1. The van der Waals surface area contributed by atoms with Gasteiger partial charge in [-0.1, -0.05) is 25.5 Å². The number of nitrogens with zero attached hydrogens (tertiary/aromatic N) is 2. The number of fused-ring (bicyclic) bond motifs is 7. The third-order valence-electron chi connectivity index (χ3n) is 9.22. The lowest BCUT2D eigenvalue weighted by atomic mass is 9.47. The van der Waals surface area contributed by atoms with Crippen molar-refractivity contribution in [3.05, 3.63) is 28.6 Å². The number of carbonyl (C=O) groups is 2. The number of hydrogen-bond donors (Lipinski definition) is 0. The van der Waals surface area contributed by atoms with Gasteiger partial charge in [0.05, 0.1) is 11.4 Å². The number of ether oxygens (including phenoxy) is 1. The van der Waals surface area contributed by atoms with E-state index in [4.69, 9.17) is 4.74 Å². The smallest absolute Gasteiger partial charge is 0.302 e. The second-order valence-corrected chi connectivity index (χ2v) is 10.7. The van der Waals surface area contributed by atoms with Crippen LogP contribution in [0.2, 0.25) is 0 Å². The molecule has 6 atom stereocenters. The van der Waals surface area contributed by atoms with Gasteiger partial charge in [-0.25, -0.2) is 4.68 Å². The van der Waals surface area contributed by atoms with Crippen molar-refractivity contribution in [3.8, 4) is 0 Å². The highest BCUT2D eigenvalue weighted by atomic mass is 16.5. The zero-order valence-corrected chi connectivity index (χ0v) is 19.0. The van der Waals surface area contributed by atoms with Crippen LogP contribution in [0.4, 0.5) is 0 Å². The molecular weight excluding hydrogens is 376 g/mol. The summed E-state index contributed by atoms with van der Waals surface area (Å²) in [5, 5.41) is 4.60. The second kappa shape index (κ2) is 6.54. The summed E-state index contributed by atoms with van der Waals surface area (Å²) in [5.41, 5.74) is 5.45. The maximum Gasteiger partial charge on any atom is 0.302 e. The molecule has 0 N–H and O–H groups in total. The van der Waals surface area contributed by atoms with Crippen LogP contribution in [-0.2, 0) is 21.4 Å². The average molecular weight is 411 g/mol. The normalized spacial score (nSPS) is 39.3. The summed E-state index contributed by atoms with van der Waals surface area (Å²) in [6.45, 7) is 10.1. The van der Waals surface area contributed by atoms with Crippen molar-refractivity contribution in [2.75, 3.05) is 0 Å². The number of esters is 1. The number of rotatable bonds is 1. The Balaban J connectivity index is 1.47. The molecule has 4 aliphatic rings. The van der Waals surface area contributed by atoms with Gasteiger partial charge in [0.15, 0.2) is 0 Å². The Morgan fingerprint density at radius 1 is 1.10 bits per heavy atom. The van der Waals surface area contributed by atoms with Crippen molar-refractivity contribution in [1.29, 1.82) is 0 Å². The molecule has 4 aliphatic carbocycles. The van der Waals surface area contributed by atoms with E-state index in [9.17, 15) is 9.59 Å². The molecule has 0 radical (unpaired) electrons. The van der Waals surface area contributed by atoms with E-state index in [1.807, 2.05) is 0 Å². The van der Waals surface area contributed by atoms with Crippen LogP contribution in [0.15, 0.2) is 11.6 Å². The summed E-state index contributed by atoms with van der Waals surface area (Å²) in [5.74, 6) is 1.77. The fraction of sp³-hybridized carbons (Fsp3) is 0.720. The minimum absolute atomic E-state index is 0.0275. The Bertz CT molecular complexity index is 960. The number of aryl methyl sites for hydroxylation is 1. The summed E-state index contributed by atoms with van der Waals surface area (Å²) >= 11 is 0. The van der Waals surface area contributed by atoms with Crippen molar-refractivity contribution >= 4 is 11.9 Å². The van der Waals surface area contributed by atoms with E-state index in [0.717, 1.165) is 37.8 Å². The molecule has 2 saturated carbocycles. The van der Waals surface area contributed by atoms with Crippen LogP contribution in [0.5, 0.6) is 0 Å². The van der Waals surface area contributed by atoms with E-state index < -0.39 is 0 Å². The van der Waals surface area contributed by atoms with Crippen molar-refractivity contribution in [1.82, 2.24) is 9.78 Å². The number of hydrogen-bond acceptors (Lipinski definition) is 4. The summed E-state index contributed by atoms with van der Waals surface area (Å²) < 4.78 is 7.25. The first-order valence-corrected chi connectivity index (χ1v) is 11.6. The Morgan fingerprint density at radius 3 is 2.53 bits per heavy atom. The Kier molecular flexibility index (Phi) is 4.37. The van der Waals surface area contributed by atoms with Gasteiger partial charge in [0.25, 0.3) is 0 Å². The topological polar surface area (TPSA) is 61.2 Å². The van der Waals surface area contributed by atoms with Gasteiger partial charge in [0.1, 0.15) is 6.10 Å². The minimum atomic E-state index is -0.162. The number of carbonyl (C=O) groups excluding carboxylic acids is 2. The van der Waals surface area contributed by atoms with Gasteiger partial charge in [-0.15, -0.1) is 0 Å². The highest BCUT2D eigenvalue weighted by molar-refractivity contribution is 5.77. The first kappa shape index (κ1) is 20.0. The second-order valence-electron chi connectivity index (χ2n) is 10.7. The molecule has 0 aromatic carbocycles. The van der Waals surface area contributed by atoms with Crippen LogP contribution in [0.25, 0.3) is 0 Å². The molecule has 5 nitrogen and oxygen atoms in total. The fourth-order valence-electron chi connectivity index (χ4n) is 7.95. The molecule has 30 heavy (non-hydrogen) atoms. The predicted molar refractivity (Wildman–Crippen MR) is 114 cm³/mol. The van der Waals surface area contributed by atoms with E-state index >= 15 is 0 Å². The molecular formula is C25H34N2O3. The van der Waals surface area contributed by atoms with Crippen LogP contribution in [0.1, 0.15) is 88.0 Å². The zero-order valence-electron chi connectivity index (χ0n) is 19.0. The molecule has 0 amide bonds. The number of aromatic nitrogens is 2. The molecule has 0 unspecified atom stereocenters. The molecule has 1 aromatic rings. The highest BCUT2D eigenvalue weighted by Crippen LogP contribution is 2.64. The van der Waals surface area contributed by atoms with Crippen LogP contribution in [-0.4, -0.2) is 27.8 Å². The van der Waals surface area contributed by atoms with Gasteiger partial charge in [-0.3, -0.25) is 9.59 Å². The first-order valence-electron chi connectivity index (χ1n) is 11.6. The third-order valence-corrected chi connectivity index (χ3v) is 9.22. The van der Waals surface area contributed by atoms with Crippen LogP contribution < -0.4 is 0 Å². The molecule has 1 heterocycles. The van der Waals surface area contributed by atoms with Gasteiger partial charge in [-0.2, -0.15) is 5.10 Å². The van der Waals surface area contributed by atoms with Crippen molar-refractivity contribution in [2.45, 2.75) is 91.1 Å². The fourth-order valence-corrected chi connectivity index (χ4v) is 7.95. The lowest BCUT2D eigenvalue weighted by molar-refractivity contribution is -0.148. The molecule has 1 aromatic heterocycles. The SMILES string of the molecule is CC(=O)O[C@H]1CC[C@@]2(C)C(=CC[C@H]3[C@@H]2CC[C@]2(C)c4c(C)nn(C(C)=O)c4C[C@@H]32)C1. The molecule has 5 rings (SSSR count). The Hall–Kier alpha value is -1.91. The average Bonchev–Trinajstić information content (AvgIpc) is 3.16. The third kappa shape index (κ3) is 2.63. The molecule has 0 spiro atoms. The van der Waals surface area contributed by atoms with Gasteiger partial charge in [-0.05, 0) is 74.0 Å². The molecule has 0 bridgehead atoms. The van der Waals surface area contributed by atoms with Gasteiger partial charge in [0.2, 0.25) is 5.91 Å². The first-order chi connectivity index (χ1) is 14.1. The maximum atomic E-state index is 12.2. The van der Waals surface area contributed by atoms with E-state index in [1.165, 1.54) is 36.6 Å². The monoisotopic (exact) mass is 410 g/mol. The minimum Gasteiger partial charge on any atom is -0.462 e. The molecule has 162 valence electrons. The van der Waals surface area contributed by atoms with E-state index in [1.54, 1.807) is 11.6 Å². The lowest BCUT2D eigenvalue weighted by Crippen LogP contribution is -2.51. The van der Waals surface area contributed by atoms with E-state index in [2.05, 4.69) is 31.9 Å². The van der Waals surface area contributed by atoms with Gasteiger partial charge in [0, 0.05) is 25.8 Å². The maximum absolute atomic E-state index is 12.2. The Morgan fingerprint density at radius 2 is 1.83 bits per heavy atom. The summed E-state index contributed by atoms with van der Waals surface area (Å²) in [4.78, 5) is 23.7. The quantitative estimate of drug-likeness (QED) is 0.495. The van der Waals surface area contributed by atoms with E-state index in [-0.39, 0.29) is 28.8 Å².